The van der Waals surface area contributed by atoms with E-state index in [2.05, 4.69) is 30.9 Å². The first-order chi connectivity index (χ1) is 10.8. The molecule has 1 aromatic carbocycles. The molecule has 0 fully saturated rings. The van der Waals surface area contributed by atoms with Crippen molar-refractivity contribution in [3.63, 3.8) is 0 Å². The van der Waals surface area contributed by atoms with Gasteiger partial charge in [0.2, 0.25) is 5.89 Å². The zero-order valence-corrected chi connectivity index (χ0v) is 13.3. The van der Waals surface area contributed by atoms with Gasteiger partial charge in [0.25, 0.3) is 0 Å². The van der Waals surface area contributed by atoms with Gasteiger partial charge in [-0.2, -0.15) is 0 Å². The maximum Gasteiger partial charge on any atom is 0.243 e. The van der Waals surface area contributed by atoms with Gasteiger partial charge < -0.3 is 19.1 Å². The van der Waals surface area contributed by atoms with E-state index in [-0.39, 0.29) is 0 Å². The minimum atomic E-state index is 0.568. The molecule has 22 heavy (non-hydrogen) atoms. The van der Waals surface area contributed by atoms with Crippen LogP contribution in [-0.2, 0) is 0 Å². The molecule has 0 spiro atoms. The molecular formula is C16H12BrN3O2. The highest BCUT2D eigenvalue weighted by molar-refractivity contribution is 9.10. The molecule has 0 bridgehead atoms. The summed E-state index contributed by atoms with van der Waals surface area (Å²) in [4.78, 5) is 10.7. The maximum absolute atomic E-state index is 5.87. The van der Waals surface area contributed by atoms with Crippen molar-refractivity contribution in [3.05, 3.63) is 47.3 Å². The molecule has 110 valence electrons. The minimum absolute atomic E-state index is 0.568. The van der Waals surface area contributed by atoms with E-state index in [4.69, 9.17) is 9.15 Å². The Morgan fingerprint density at radius 1 is 1.27 bits per heavy atom. The third-order valence-electron chi connectivity index (χ3n) is 3.55. The van der Waals surface area contributed by atoms with Gasteiger partial charge in [-0.05, 0) is 40.2 Å². The summed E-state index contributed by atoms with van der Waals surface area (Å²) in [5.74, 6) is 2.05. The molecule has 0 amide bonds. The lowest BCUT2D eigenvalue weighted by molar-refractivity contribution is 0.413. The SMILES string of the molecule is COc1cc2c(-c3cnc(-c4ccc[nH]4)o3)c[nH]c2cc1Br. The molecule has 0 aliphatic rings. The van der Waals surface area contributed by atoms with Crippen LogP contribution in [0.15, 0.2) is 51.7 Å². The van der Waals surface area contributed by atoms with Crippen LogP contribution in [0.5, 0.6) is 5.75 Å². The molecule has 6 heteroatoms. The van der Waals surface area contributed by atoms with Crippen molar-refractivity contribution in [1.82, 2.24) is 15.0 Å². The van der Waals surface area contributed by atoms with Crippen molar-refractivity contribution in [3.8, 4) is 28.7 Å². The number of rotatable bonds is 3. The Morgan fingerprint density at radius 2 is 2.18 bits per heavy atom. The molecule has 3 heterocycles. The number of nitrogens with one attached hydrogen (secondary N) is 2. The lowest BCUT2D eigenvalue weighted by Crippen LogP contribution is -1.84. The van der Waals surface area contributed by atoms with Crippen LogP contribution in [0, 0.1) is 0 Å². The lowest BCUT2D eigenvalue weighted by atomic mass is 10.1. The molecule has 0 aliphatic carbocycles. The van der Waals surface area contributed by atoms with E-state index in [0.29, 0.717) is 11.7 Å². The number of hydrogen-bond donors (Lipinski definition) is 2. The molecular weight excluding hydrogens is 346 g/mol. The van der Waals surface area contributed by atoms with Gasteiger partial charge >= 0.3 is 0 Å². The molecule has 0 radical (unpaired) electrons. The van der Waals surface area contributed by atoms with Crippen LogP contribution in [0.1, 0.15) is 0 Å². The number of oxazole rings is 1. The molecule has 0 saturated heterocycles. The number of hydrogen-bond acceptors (Lipinski definition) is 3. The van der Waals surface area contributed by atoms with Crippen LogP contribution < -0.4 is 4.74 Å². The van der Waals surface area contributed by atoms with E-state index in [0.717, 1.165) is 32.4 Å². The summed E-state index contributed by atoms with van der Waals surface area (Å²) in [5.41, 5.74) is 2.80. The van der Waals surface area contributed by atoms with Crippen molar-refractivity contribution in [2.75, 3.05) is 7.11 Å². The normalized spacial score (nSPS) is 11.2. The van der Waals surface area contributed by atoms with Gasteiger partial charge in [-0.25, -0.2) is 4.98 Å². The van der Waals surface area contributed by atoms with E-state index in [1.54, 1.807) is 13.3 Å². The predicted octanol–water partition coefficient (Wildman–Crippen LogP) is 4.59. The smallest absolute Gasteiger partial charge is 0.243 e. The average molecular weight is 358 g/mol. The van der Waals surface area contributed by atoms with Gasteiger partial charge in [0.05, 0.1) is 17.8 Å². The topological polar surface area (TPSA) is 66.8 Å². The molecule has 0 unspecified atom stereocenters. The third kappa shape index (κ3) is 2.03. The Morgan fingerprint density at radius 3 is 2.95 bits per heavy atom. The summed E-state index contributed by atoms with van der Waals surface area (Å²) in [6, 6.07) is 7.79. The zero-order valence-electron chi connectivity index (χ0n) is 11.7. The van der Waals surface area contributed by atoms with Crippen molar-refractivity contribution >= 4 is 26.8 Å². The van der Waals surface area contributed by atoms with Crippen molar-refractivity contribution in [2.24, 2.45) is 0 Å². The largest absolute Gasteiger partial charge is 0.496 e. The summed E-state index contributed by atoms with van der Waals surface area (Å²) in [6.07, 6.45) is 5.48. The molecule has 3 aromatic heterocycles. The van der Waals surface area contributed by atoms with Crippen molar-refractivity contribution < 1.29 is 9.15 Å². The number of methoxy groups -OCH3 is 1. The molecule has 4 rings (SSSR count). The van der Waals surface area contributed by atoms with Gasteiger partial charge in [-0.15, -0.1) is 0 Å². The van der Waals surface area contributed by atoms with Crippen molar-refractivity contribution in [2.45, 2.75) is 0 Å². The van der Waals surface area contributed by atoms with Gasteiger partial charge in [0, 0.05) is 28.9 Å². The van der Waals surface area contributed by atoms with E-state index in [9.17, 15) is 0 Å². The van der Waals surface area contributed by atoms with Gasteiger partial charge in [-0.1, -0.05) is 0 Å². The van der Waals surface area contributed by atoms with Gasteiger partial charge in [0.15, 0.2) is 5.76 Å². The monoisotopic (exact) mass is 357 g/mol. The van der Waals surface area contributed by atoms with E-state index in [1.165, 1.54) is 0 Å². The fourth-order valence-corrected chi connectivity index (χ4v) is 2.98. The Hall–Kier alpha value is -2.47. The summed E-state index contributed by atoms with van der Waals surface area (Å²) < 4.78 is 12.1. The molecule has 0 aliphatic heterocycles. The van der Waals surface area contributed by atoms with E-state index < -0.39 is 0 Å². The van der Waals surface area contributed by atoms with Crippen molar-refractivity contribution in [1.29, 1.82) is 0 Å². The Kier molecular flexibility index (Phi) is 3.04. The highest BCUT2D eigenvalue weighted by Crippen LogP contribution is 2.36. The number of benzene rings is 1. The second-order valence-corrected chi connectivity index (χ2v) is 5.70. The first kappa shape index (κ1) is 13.2. The maximum atomic E-state index is 5.87. The standard InChI is InChI=1S/C16H12BrN3O2/c1-21-14-5-9-10(7-19-13(9)6-11(14)17)15-8-20-16(22-15)12-3-2-4-18-12/h2-8,18-19H,1H3. The molecule has 4 aromatic rings. The third-order valence-corrected chi connectivity index (χ3v) is 4.17. The average Bonchev–Trinajstić information content (AvgIpc) is 3.25. The van der Waals surface area contributed by atoms with E-state index in [1.807, 2.05) is 36.7 Å². The Labute approximate surface area is 134 Å². The number of nitrogens with zero attached hydrogens (tertiary/aromatic N) is 1. The van der Waals surface area contributed by atoms with Crippen LogP contribution >= 0.6 is 15.9 Å². The summed E-state index contributed by atoms with van der Waals surface area (Å²) in [6.45, 7) is 0. The van der Waals surface area contributed by atoms with Crippen LogP contribution in [0.25, 0.3) is 33.8 Å². The first-order valence-corrected chi connectivity index (χ1v) is 7.50. The van der Waals surface area contributed by atoms with Crippen LogP contribution in [0.4, 0.5) is 0 Å². The second-order valence-electron chi connectivity index (χ2n) is 4.85. The molecule has 0 saturated carbocycles. The Balaban J connectivity index is 1.84. The van der Waals surface area contributed by atoms with Crippen LogP contribution in [0.2, 0.25) is 0 Å². The van der Waals surface area contributed by atoms with Crippen LogP contribution in [-0.4, -0.2) is 22.1 Å². The predicted molar refractivity (Wildman–Crippen MR) is 87.8 cm³/mol. The highest BCUT2D eigenvalue weighted by Gasteiger charge is 2.14. The molecule has 5 nitrogen and oxygen atoms in total. The number of fused-ring (bicyclic) bond motifs is 1. The number of ether oxygens (including phenoxy) is 1. The van der Waals surface area contributed by atoms with Gasteiger partial charge in [-0.3, -0.25) is 0 Å². The fraction of sp³-hybridized carbons (Fsp3) is 0.0625. The number of H-pyrrole nitrogens is 2. The summed E-state index contributed by atoms with van der Waals surface area (Å²) in [5, 5.41) is 1.02. The number of aromatic amines is 2. The second kappa shape index (κ2) is 5.06. The molecule has 0 atom stereocenters. The number of halogens is 1. The fourth-order valence-electron chi connectivity index (χ4n) is 2.47. The number of aromatic nitrogens is 3. The lowest BCUT2D eigenvalue weighted by Gasteiger charge is -2.03. The van der Waals surface area contributed by atoms with E-state index >= 15 is 0 Å². The Bertz CT molecular complexity index is 938. The first-order valence-electron chi connectivity index (χ1n) is 6.71. The molecule has 2 N–H and O–H groups in total. The summed E-state index contributed by atoms with van der Waals surface area (Å²) >= 11 is 3.49. The minimum Gasteiger partial charge on any atom is -0.496 e. The highest BCUT2D eigenvalue weighted by atomic mass is 79.9. The van der Waals surface area contributed by atoms with Gasteiger partial charge in [0.1, 0.15) is 11.4 Å². The zero-order chi connectivity index (χ0) is 15.1. The summed E-state index contributed by atoms with van der Waals surface area (Å²) in [7, 11) is 1.65. The van der Waals surface area contributed by atoms with Crippen LogP contribution in [0.3, 0.4) is 0 Å². The quantitative estimate of drug-likeness (QED) is 0.563.